The van der Waals surface area contributed by atoms with E-state index >= 15 is 0 Å². The number of nitrogens with zero attached hydrogens (tertiary/aromatic N) is 6. The summed E-state index contributed by atoms with van der Waals surface area (Å²) < 4.78 is 27.2. The first-order valence-electron chi connectivity index (χ1n) is 7.14. The van der Waals surface area contributed by atoms with E-state index in [0.29, 0.717) is 17.7 Å². The van der Waals surface area contributed by atoms with Crippen molar-refractivity contribution in [1.82, 2.24) is 24.0 Å². The van der Waals surface area contributed by atoms with Crippen LogP contribution in [0.4, 0.5) is 11.9 Å². The van der Waals surface area contributed by atoms with Crippen LogP contribution in [0.15, 0.2) is 0 Å². The van der Waals surface area contributed by atoms with E-state index < -0.39 is 10.2 Å². The van der Waals surface area contributed by atoms with Crippen LogP contribution in [0.25, 0.3) is 0 Å². The summed E-state index contributed by atoms with van der Waals surface area (Å²) >= 11 is 0. The third-order valence-electron chi connectivity index (χ3n) is 3.34. The van der Waals surface area contributed by atoms with E-state index in [1.807, 2.05) is 14.1 Å². The lowest BCUT2D eigenvalue weighted by molar-refractivity contribution is 0.503. The van der Waals surface area contributed by atoms with Crippen LogP contribution in [0.5, 0.6) is 0 Å². The first kappa shape index (κ1) is 16.8. The Kier molecular flexibility index (Phi) is 5.14. The summed E-state index contributed by atoms with van der Waals surface area (Å²) in [4.78, 5) is 17.0. The van der Waals surface area contributed by atoms with E-state index in [1.165, 1.54) is 14.1 Å². The Balaban J connectivity index is 2.22. The number of aromatic nitrogens is 3. The van der Waals surface area contributed by atoms with Gasteiger partial charge in [-0.1, -0.05) is 0 Å². The highest BCUT2D eigenvalue weighted by atomic mass is 32.2. The highest BCUT2D eigenvalue weighted by Crippen LogP contribution is 2.18. The lowest BCUT2D eigenvalue weighted by atomic mass is 10.4. The maximum Gasteiger partial charge on any atom is 0.279 e. The fourth-order valence-corrected chi connectivity index (χ4v) is 2.59. The average molecular weight is 329 g/mol. The molecule has 0 bridgehead atoms. The van der Waals surface area contributed by atoms with Crippen LogP contribution in [-0.2, 0) is 16.8 Å². The minimum absolute atomic E-state index is 0.0325. The van der Waals surface area contributed by atoms with Crippen molar-refractivity contribution in [2.75, 3.05) is 51.1 Å². The van der Waals surface area contributed by atoms with Crippen LogP contribution in [0, 0.1) is 0 Å². The molecule has 0 aromatic carbocycles. The van der Waals surface area contributed by atoms with Gasteiger partial charge in [0.2, 0.25) is 11.9 Å². The van der Waals surface area contributed by atoms with Gasteiger partial charge in [-0.2, -0.15) is 32.4 Å². The summed E-state index contributed by atoms with van der Waals surface area (Å²) in [6, 6.07) is 0. The molecular weight excluding hydrogens is 306 g/mol. The van der Waals surface area contributed by atoms with Crippen molar-refractivity contribution < 1.29 is 8.42 Å². The van der Waals surface area contributed by atoms with Crippen LogP contribution in [0.1, 0.15) is 18.7 Å². The zero-order valence-corrected chi connectivity index (χ0v) is 14.3. The second-order valence-electron chi connectivity index (χ2n) is 5.55. The first-order valence-corrected chi connectivity index (χ1v) is 8.58. The third kappa shape index (κ3) is 4.02. The zero-order valence-electron chi connectivity index (χ0n) is 13.4. The van der Waals surface area contributed by atoms with E-state index in [0.717, 1.165) is 30.2 Å². The van der Waals surface area contributed by atoms with Gasteiger partial charge in [0.25, 0.3) is 10.2 Å². The minimum atomic E-state index is -3.51. The summed E-state index contributed by atoms with van der Waals surface area (Å²) in [6.07, 6.45) is 2.23. The van der Waals surface area contributed by atoms with Crippen LogP contribution < -0.4 is 14.5 Å². The average Bonchev–Trinajstić information content (AvgIpc) is 2.99. The maximum absolute atomic E-state index is 11.8. The molecule has 0 saturated carbocycles. The van der Waals surface area contributed by atoms with E-state index in [4.69, 9.17) is 0 Å². The summed E-state index contributed by atoms with van der Waals surface area (Å²) in [5.74, 6) is 1.54. The van der Waals surface area contributed by atoms with E-state index in [-0.39, 0.29) is 6.54 Å². The fraction of sp³-hybridized carbons (Fsp3) is 0.750. The Hall–Kier alpha value is -1.52. The highest BCUT2D eigenvalue weighted by Gasteiger charge is 2.19. The summed E-state index contributed by atoms with van der Waals surface area (Å²) in [7, 11) is 3.12. The summed E-state index contributed by atoms with van der Waals surface area (Å²) in [6.45, 7) is 1.87. The molecule has 0 aliphatic carbocycles. The SMILES string of the molecule is CN(C)c1nc(CNS(=O)(=O)N(C)C)nc(N2CCCC2)n1. The number of hydrogen-bond donors (Lipinski definition) is 1. The zero-order chi connectivity index (χ0) is 16.3. The second-order valence-corrected chi connectivity index (χ2v) is 7.52. The summed E-state index contributed by atoms with van der Waals surface area (Å²) in [5, 5.41) is 0. The van der Waals surface area contributed by atoms with Gasteiger partial charge in [0.1, 0.15) is 0 Å². The maximum atomic E-state index is 11.8. The number of rotatable bonds is 6. The van der Waals surface area contributed by atoms with E-state index in [1.54, 1.807) is 4.90 Å². The minimum Gasteiger partial charge on any atom is -0.347 e. The Bertz CT molecular complexity index is 612. The molecule has 1 fully saturated rings. The first-order chi connectivity index (χ1) is 10.3. The molecule has 0 unspecified atom stereocenters. The smallest absolute Gasteiger partial charge is 0.279 e. The molecule has 0 radical (unpaired) electrons. The van der Waals surface area contributed by atoms with Crippen LogP contribution in [0.2, 0.25) is 0 Å². The van der Waals surface area contributed by atoms with Gasteiger partial charge in [-0.25, -0.2) is 0 Å². The van der Waals surface area contributed by atoms with Gasteiger partial charge in [-0.15, -0.1) is 0 Å². The van der Waals surface area contributed by atoms with E-state index in [2.05, 4.69) is 24.6 Å². The molecule has 124 valence electrons. The molecule has 1 aliphatic rings. The van der Waals surface area contributed by atoms with Crippen molar-refractivity contribution in [1.29, 1.82) is 0 Å². The molecule has 10 heteroatoms. The molecule has 1 saturated heterocycles. The molecule has 1 aliphatic heterocycles. The molecule has 1 aromatic heterocycles. The normalized spacial score (nSPS) is 15.6. The van der Waals surface area contributed by atoms with Gasteiger partial charge in [-0.05, 0) is 12.8 Å². The van der Waals surface area contributed by atoms with Gasteiger partial charge in [0, 0.05) is 41.3 Å². The molecule has 1 N–H and O–H groups in total. The van der Waals surface area contributed by atoms with Crippen molar-refractivity contribution in [3.63, 3.8) is 0 Å². The lowest BCUT2D eigenvalue weighted by Gasteiger charge is -2.19. The molecule has 2 heterocycles. The highest BCUT2D eigenvalue weighted by molar-refractivity contribution is 7.87. The second kappa shape index (κ2) is 6.71. The lowest BCUT2D eigenvalue weighted by Crippen LogP contribution is -2.36. The standard InChI is InChI=1S/C12H23N7O2S/c1-17(2)11-14-10(9-13-22(20,21)18(3)4)15-12(16-11)19-7-5-6-8-19/h13H,5-9H2,1-4H3. The van der Waals surface area contributed by atoms with Gasteiger partial charge in [0.05, 0.1) is 6.54 Å². The molecule has 22 heavy (non-hydrogen) atoms. The largest absolute Gasteiger partial charge is 0.347 e. The number of anilines is 2. The predicted octanol–water partition coefficient (Wildman–Crippen LogP) is -0.566. The van der Waals surface area contributed by atoms with Crippen molar-refractivity contribution in [2.45, 2.75) is 19.4 Å². The molecule has 2 rings (SSSR count). The monoisotopic (exact) mass is 329 g/mol. The summed E-state index contributed by atoms with van der Waals surface area (Å²) in [5.41, 5.74) is 0. The van der Waals surface area contributed by atoms with Gasteiger partial charge < -0.3 is 9.80 Å². The fourth-order valence-electron chi connectivity index (χ4n) is 2.02. The molecule has 1 aromatic rings. The molecule has 0 spiro atoms. The van der Waals surface area contributed by atoms with Crippen molar-refractivity contribution in [3.8, 4) is 0 Å². The Morgan fingerprint density at radius 2 is 1.73 bits per heavy atom. The van der Waals surface area contributed by atoms with E-state index in [9.17, 15) is 8.42 Å². The van der Waals surface area contributed by atoms with Crippen LogP contribution >= 0.6 is 0 Å². The van der Waals surface area contributed by atoms with Crippen LogP contribution in [-0.4, -0.2) is 69.0 Å². The number of hydrogen-bond acceptors (Lipinski definition) is 7. The Morgan fingerprint density at radius 1 is 1.09 bits per heavy atom. The number of nitrogens with one attached hydrogen (secondary N) is 1. The van der Waals surface area contributed by atoms with Gasteiger partial charge >= 0.3 is 0 Å². The molecule has 9 nitrogen and oxygen atoms in total. The predicted molar refractivity (Wildman–Crippen MR) is 85.0 cm³/mol. The molecular formula is C12H23N7O2S. The van der Waals surface area contributed by atoms with Gasteiger partial charge in [-0.3, -0.25) is 0 Å². The third-order valence-corrected chi connectivity index (χ3v) is 4.81. The molecule has 0 amide bonds. The quantitative estimate of drug-likeness (QED) is 0.747. The Labute approximate surface area is 131 Å². The van der Waals surface area contributed by atoms with Crippen molar-refractivity contribution in [2.24, 2.45) is 0 Å². The van der Waals surface area contributed by atoms with Crippen LogP contribution in [0.3, 0.4) is 0 Å². The van der Waals surface area contributed by atoms with Crippen molar-refractivity contribution >= 4 is 22.1 Å². The topological polar surface area (TPSA) is 94.6 Å². The molecule has 0 atom stereocenters. The van der Waals surface area contributed by atoms with Crippen molar-refractivity contribution in [3.05, 3.63) is 5.82 Å². The Morgan fingerprint density at radius 3 is 2.27 bits per heavy atom. The van der Waals surface area contributed by atoms with Gasteiger partial charge in [0.15, 0.2) is 5.82 Å².